The summed E-state index contributed by atoms with van der Waals surface area (Å²) in [6, 6.07) is 0. The van der Waals surface area contributed by atoms with Gasteiger partial charge in [0.1, 0.15) is 0 Å². The Kier molecular flexibility index (Phi) is 4.75. The van der Waals surface area contributed by atoms with Crippen LogP contribution in [0.1, 0.15) is 19.8 Å². The predicted octanol–water partition coefficient (Wildman–Crippen LogP) is 1.31. The molecular formula is C13H22N4O. The van der Waals surface area contributed by atoms with Crippen molar-refractivity contribution in [3.05, 3.63) is 12.4 Å². The lowest BCUT2D eigenvalue weighted by atomic mass is 9.97. The number of hydrogen-bond donors (Lipinski definition) is 1. The van der Waals surface area contributed by atoms with Gasteiger partial charge in [0.15, 0.2) is 5.82 Å². The van der Waals surface area contributed by atoms with Gasteiger partial charge in [-0.05, 0) is 38.8 Å². The Morgan fingerprint density at radius 3 is 2.83 bits per heavy atom. The molecule has 1 aliphatic heterocycles. The SMILES string of the molecule is CCN(CC1CCNCC1)c1cncc(OC)n1. The maximum absolute atomic E-state index is 5.13. The fraction of sp³-hybridized carbons (Fsp3) is 0.692. The Labute approximate surface area is 109 Å². The molecule has 1 fully saturated rings. The maximum atomic E-state index is 5.13. The number of ether oxygens (including phenoxy) is 1. The Balaban J connectivity index is 2.02. The molecule has 0 radical (unpaired) electrons. The van der Waals surface area contributed by atoms with Crippen molar-refractivity contribution < 1.29 is 4.74 Å². The summed E-state index contributed by atoms with van der Waals surface area (Å²) in [5.74, 6) is 2.24. The highest BCUT2D eigenvalue weighted by Gasteiger charge is 2.17. The minimum atomic E-state index is 0.580. The van der Waals surface area contributed by atoms with Gasteiger partial charge in [0, 0.05) is 13.1 Å². The van der Waals surface area contributed by atoms with Gasteiger partial charge in [-0.3, -0.25) is 4.98 Å². The Morgan fingerprint density at radius 1 is 1.39 bits per heavy atom. The first-order valence-corrected chi connectivity index (χ1v) is 6.65. The van der Waals surface area contributed by atoms with E-state index in [2.05, 4.69) is 27.1 Å². The van der Waals surface area contributed by atoms with E-state index in [9.17, 15) is 0 Å². The summed E-state index contributed by atoms with van der Waals surface area (Å²) in [6.45, 7) is 6.42. The standard InChI is InChI=1S/C13H22N4O/c1-3-17(10-11-4-6-14-7-5-11)12-8-15-9-13(16-12)18-2/h8-9,11,14H,3-7,10H2,1-2H3. The van der Waals surface area contributed by atoms with E-state index >= 15 is 0 Å². The predicted molar refractivity (Wildman–Crippen MR) is 72.1 cm³/mol. The lowest BCUT2D eigenvalue weighted by molar-refractivity contribution is 0.372. The molecule has 100 valence electrons. The molecule has 18 heavy (non-hydrogen) atoms. The van der Waals surface area contributed by atoms with Gasteiger partial charge in [-0.1, -0.05) is 0 Å². The molecule has 1 saturated heterocycles. The molecule has 0 amide bonds. The van der Waals surface area contributed by atoms with Crippen LogP contribution in [-0.4, -0.2) is 43.3 Å². The molecule has 0 spiro atoms. The average molecular weight is 250 g/mol. The van der Waals surface area contributed by atoms with E-state index in [1.165, 1.54) is 12.8 Å². The van der Waals surface area contributed by atoms with Gasteiger partial charge in [0.25, 0.3) is 0 Å². The lowest BCUT2D eigenvalue weighted by Crippen LogP contribution is -2.36. The molecule has 2 heterocycles. The van der Waals surface area contributed by atoms with Crippen molar-refractivity contribution in [2.24, 2.45) is 5.92 Å². The van der Waals surface area contributed by atoms with Crippen LogP contribution >= 0.6 is 0 Å². The summed E-state index contributed by atoms with van der Waals surface area (Å²) in [7, 11) is 1.62. The van der Waals surface area contributed by atoms with Crippen molar-refractivity contribution >= 4 is 5.82 Å². The van der Waals surface area contributed by atoms with E-state index in [0.717, 1.165) is 37.9 Å². The van der Waals surface area contributed by atoms with E-state index < -0.39 is 0 Å². The fourth-order valence-electron chi connectivity index (χ4n) is 2.35. The molecule has 0 aliphatic carbocycles. The first-order chi connectivity index (χ1) is 8.83. The zero-order chi connectivity index (χ0) is 12.8. The molecule has 1 aromatic rings. The summed E-state index contributed by atoms with van der Waals surface area (Å²) in [6.07, 6.45) is 5.94. The van der Waals surface area contributed by atoms with Crippen molar-refractivity contribution in [3.63, 3.8) is 0 Å². The molecule has 0 unspecified atom stereocenters. The monoisotopic (exact) mass is 250 g/mol. The third kappa shape index (κ3) is 3.32. The van der Waals surface area contributed by atoms with Crippen LogP contribution in [0.15, 0.2) is 12.4 Å². The Bertz CT molecular complexity index is 366. The second-order valence-corrected chi connectivity index (χ2v) is 4.65. The third-order valence-corrected chi connectivity index (χ3v) is 3.45. The van der Waals surface area contributed by atoms with Crippen molar-refractivity contribution in [2.45, 2.75) is 19.8 Å². The second kappa shape index (κ2) is 6.54. The van der Waals surface area contributed by atoms with Gasteiger partial charge < -0.3 is 15.0 Å². The molecule has 0 aromatic carbocycles. The molecule has 1 aliphatic rings. The summed E-state index contributed by atoms with van der Waals surface area (Å²) >= 11 is 0. The molecule has 1 aromatic heterocycles. The van der Waals surface area contributed by atoms with Crippen LogP contribution in [0.3, 0.4) is 0 Å². The molecule has 0 bridgehead atoms. The topological polar surface area (TPSA) is 50.3 Å². The molecule has 5 heteroatoms. The minimum Gasteiger partial charge on any atom is -0.480 e. The van der Waals surface area contributed by atoms with Gasteiger partial charge in [-0.2, -0.15) is 4.98 Å². The summed E-state index contributed by atoms with van der Waals surface area (Å²) in [4.78, 5) is 10.9. The largest absolute Gasteiger partial charge is 0.480 e. The van der Waals surface area contributed by atoms with Gasteiger partial charge in [-0.25, -0.2) is 0 Å². The normalized spacial score (nSPS) is 16.6. The molecule has 1 N–H and O–H groups in total. The lowest BCUT2D eigenvalue weighted by Gasteiger charge is -2.30. The summed E-state index contributed by atoms with van der Waals surface area (Å²) < 4.78 is 5.13. The minimum absolute atomic E-state index is 0.580. The number of methoxy groups -OCH3 is 1. The summed E-state index contributed by atoms with van der Waals surface area (Å²) in [5, 5.41) is 3.40. The third-order valence-electron chi connectivity index (χ3n) is 3.45. The average Bonchev–Trinajstić information content (AvgIpc) is 2.46. The van der Waals surface area contributed by atoms with E-state index in [-0.39, 0.29) is 0 Å². The van der Waals surface area contributed by atoms with Crippen LogP contribution in [0.25, 0.3) is 0 Å². The number of piperidine rings is 1. The molecule has 5 nitrogen and oxygen atoms in total. The van der Waals surface area contributed by atoms with Crippen LogP contribution in [0.2, 0.25) is 0 Å². The van der Waals surface area contributed by atoms with Crippen molar-refractivity contribution in [1.29, 1.82) is 0 Å². The number of aromatic nitrogens is 2. The van der Waals surface area contributed by atoms with Gasteiger partial charge in [0.2, 0.25) is 5.88 Å². The molecule has 0 atom stereocenters. The van der Waals surface area contributed by atoms with Crippen LogP contribution in [0.5, 0.6) is 5.88 Å². The van der Waals surface area contributed by atoms with Gasteiger partial charge in [-0.15, -0.1) is 0 Å². The maximum Gasteiger partial charge on any atom is 0.233 e. The summed E-state index contributed by atoms with van der Waals surface area (Å²) in [5.41, 5.74) is 0. The number of rotatable bonds is 5. The Hall–Kier alpha value is -1.36. The van der Waals surface area contributed by atoms with E-state index in [1.54, 1.807) is 13.3 Å². The van der Waals surface area contributed by atoms with Crippen molar-refractivity contribution in [3.8, 4) is 5.88 Å². The number of nitrogens with zero attached hydrogens (tertiary/aromatic N) is 3. The Morgan fingerprint density at radius 2 is 2.17 bits per heavy atom. The highest BCUT2D eigenvalue weighted by molar-refractivity contribution is 5.37. The number of hydrogen-bond acceptors (Lipinski definition) is 5. The van der Waals surface area contributed by atoms with Crippen LogP contribution in [0, 0.1) is 5.92 Å². The van der Waals surface area contributed by atoms with Crippen LogP contribution in [-0.2, 0) is 0 Å². The van der Waals surface area contributed by atoms with Crippen LogP contribution < -0.4 is 15.0 Å². The molecule has 2 rings (SSSR count). The number of nitrogens with one attached hydrogen (secondary N) is 1. The highest BCUT2D eigenvalue weighted by Crippen LogP contribution is 2.19. The number of anilines is 1. The van der Waals surface area contributed by atoms with Gasteiger partial charge in [0.05, 0.1) is 19.5 Å². The van der Waals surface area contributed by atoms with E-state index in [1.807, 2.05) is 6.20 Å². The van der Waals surface area contributed by atoms with Gasteiger partial charge >= 0.3 is 0 Å². The molecular weight excluding hydrogens is 228 g/mol. The quantitative estimate of drug-likeness (QED) is 0.854. The van der Waals surface area contributed by atoms with Crippen molar-refractivity contribution in [1.82, 2.24) is 15.3 Å². The zero-order valence-corrected chi connectivity index (χ0v) is 11.2. The van der Waals surface area contributed by atoms with E-state index in [0.29, 0.717) is 5.88 Å². The smallest absolute Gasteiger partial charge is 0.233 e. The second-order valence-electron chi connectivity index (χ2n) is 4.65. The first-order valence-electron chi connectivity index (χ1n) is 6.65. The fourth-order valence-corrected chi connectivity index (χ4v) is 2.35. The highest BCUT2D eigenvalue weighted by atomic mass is 16.5. The van der Waals surface area contributed by atoms with Crippen LogP contribution in [0.4, 0.5) is 5.82 Å². The molecule has 0 saturated carbocycles. The van der Waals surface area contributed by atoms with E-state index in [4.69, 9.17) is 4.74 Å². The first kappa shape index (κ1) is 13.1. The zero-order valence-electron chi connectivity index (χ0n) is 11.2. The van der Waals surface area contributed by atoms with Crippen molar-refractivity contribution in [2.75, 3.05) is 38.2 Å².